The zero-order valence-electron chi connectivity index (χ0n) is 17.3. The summed E-state index contributed by atoms with van der Waals surface area (Å²) in [6.07, 6.45) is 3.22. The summed E-state index contributed by atoms with van der Waals surface area (Å²) in [5.74, 6) is 0.795. The number of carbonyl (C=O) groups excluding carboxylic acids is 2. The highest BCUT2D eigenvalue weighted by Crippen LogP contribution is 2.32. The van der Waals surface area contributed by atoms with E-state index in [1.807, 2.05) is 56.8 Å². The van der Waals surface area contributed by atoms with Gasteiger partial charge in [-0.15, -0.1) is 0 Å². The van der Waals surface area contributed by atoms with Crippen LogP contribution in [0.4, 0.5) is 5.69 Å². The van der Waals surface area contributed by atoms with Crippen molar-refractivity contribution in [3.8, 4) is 0 Å². The molecule has 30 heavy (non-hydrogen) atoms. The number of rotatable bonds is 4. The molecule has 6 heteroatoms. The predicted octanol–water partition coefficient (Wildman–Crippen LogP) is 3.18. The van der Waals surface area contributed by atoms with Crippen LogP contribution in [-0.4, -0.2) is 45.4 Å². The predicted molar refractivity (Wildman–Crippen MR) is 116 cm³/mol. The normalized spacial score (nSPS) is 18.2. The highest BCUT2D eigenvalue weighted by atomic mass is 16.2. The number of para-hydroxylation sites is 3. The van der Waals surface area contributed by atoms with Crippen molar-refractivity contribution in [2.45, 2.75) is 45.2 Å². The number of anilines is 1. The van der Waals surface area contributed by atoms with Gasteiger partial charge in [-0.25, -0.2) is 4.98 Å². The van der Waals surface area contributed by atoms with Crippen LogP contribution in [0.25, 0.3) is 11.0 Å². The summed E-state index contributed by atoms with van der Waals surface area (Å²) in [6, 6.07) is 16.0. The van der Waals surface area contributed by atoms with Gasteiger partial charge in [-0.1, -0.05) is 30.3 Å². The van der Waals surface area contributed by atoms with Gasteiger partial charge >= 0.3 is 0 Å². The fourth-order valence-corrected chi connectivity index (χ4v) is 4.81. The molecule has 2 amide bonds. The molecule has 1 fully saturated rings. The van der Waals surface area contributed by atoms with Crippen LogP contribution in [0.2, 0.25) is 0 Å². The minimum absolute atomic E-state index is 0.0328. The van der Waals surface area contributed by atoms with E-state index in [2.05, 4.69) is 13.0 Å². The molecule has 3 heterocycles. The molecule has 0 saturated carbocycles. The molecule has 5 rings (SSSR count). The Morgan fingerprint density at radius 1 is 1.00 bits per heavy atom. The van der Waals surface area contributed by atoms with Gasteiger partial charge in [0.1, 0.15) is 12.4 Å². The Morgan fingerprint density at radius 2 is 1.73 bits per heavy atom. The highest BCUT2D eigenvalue weighted by molar-refractivity contribution is 5.97. The summed E-state index contributed by atoms with van der Waals surface area (Å²) in [5, 5.41) is 0. The summed E-state index contributed by atoms with van der Waals surface area (Å²) in [5.41, 5.74) is 3.92. The van der Waals surface area contributed by atoms with Crippen LogP contribution >= 0.6 is 0 Å². The second kappa shape index (κ2) is 7.59. The van der Waals surface area contributed by atoms with E-state index in [9.17, 15) is 9.59 Å². The number of hydrogen-bond donors (Lipinski definition) is 0. The lowest BCUT2D eigenvalue weighted by Crippen LogP contribution is -2.38. The number of aromatic nitrogens is 2. The average Bonchev–Trinajstić information content (AvgIpc) is 3.45. The Hall–Kier alpha value is -3.15. The number of hydrogen-bond acceptors (Lipinski definition) is 3. The zero-order chi connectivity index (χ0) is 20.7. The second-order valence-electron chi connectivity index (χ2n) is 8.31. The van der Waals surface area contributed by atoms with E-state index in [0.717, 1.165) is 49.1 Å². The van der Waals surface area contributed by atoms with Crippen LogP contribution in [0, 0.1) is 0 Å². The molecule has 1 saturated heterocycles. The van der Waals surface area contributed by atoms with Gasteiger partial charge in [-0.05, 0) is 49.9 Å². The van der Waals surface area contributed by atoms with Crippen molar-refractivity contribution in [3.63, 3.8) is 0 Å². The number of benzene rings is 2. The van der Waals surface area contributed by atoms with E-state index in [1.165, 1.54) is 5.56 Å². The maximum absolute atomic E-state index is 13.4. The Morgan fingerprint density at radius 3 is 2.57 bits per heavy atom. The minimum atomic E-state index is 0.0328. The molecule has 0 spiro atoms. The van der Waals surface area contributed by atoms with E-state index in [1.54, 1.807) is 0 Å². The molecule has 1 aromatic heterocycles. The monoisotopic (exact) mass is 402 g/mol. The molecule has 3 aromatic rings. The van der Waals surface area contributed by atoms with Gasteiger partial charge in [0.05, 0.1) is 17.5 Å². The zero-order valence-corrected chi connectivity index (χ0v) is 17.3. The third kappa shape index (κ3) is 3.26. The summed E-state index contributed by atoms with van der Waals surface area (Å²) in [6.45, 7) is 3.91. The molecule has 0 aliphatic carbocycles. The van der Waals surface area contributed by atoms with Crippen LogP contribution in [0.3, 0.4) is 0 Å². The Balaban J connectivity index is 1.46. The van der Waals surface area contributed by atoms with Crippen molar-refractivity contribution >= 4 is 28.5 Å². The maximum Gasteiger partial charge on any atom is 0.247 e. The van der Waals surface area contributed by atoms with E-state index in [0.29, 0.717) is 5.82 Å². The molecular formula is C24H26N4O2. The van der Waals surface area contributed by atoms with Gasteiger partial charge in [0.25, 0.3) is 0 Å². The summed E-state index contributed by atoms with van der Waals surface area (Å²) in [4.78, 5) is 34.7. The van der Waals surface area contributed by atoms with Crippen LogP contribution in [0.1, 0.15) is 31.2 Å². The van der Waals surface area contributed by atoms with Crippen LogP contribution in [0.15, 0.2) is 48.5 Å². The smallest absolute Gasteiger partial charge is 0.247 e. The molecule has 1 unspecified atom stereocenters. The third-order valence-electron chi connectivity index (χ3n) is 6.27. The second-order valence-corrected chi connectivity index (χ2v) is 8.31. The van der Waals surface area contributed by atoms with Crippen molar-refractivity contribution in [1.29, 1.82) is 0 Å². The lowest BCUT2D eigenvalue weighted by atomic mass is 10.1. The quantitative estimate of drug-likeness (QED) is 0.674. The van der Waals surface area contributed by atoms with Crippen LogP contribution in [0.5, 0.6) is 0 Å². The number of nitrogens with zero attached hydrogens (tertiary/aromatic N) is 4. The fourth-order valence-electron chi connectivity index (χ4n) is 4.81. The molecule has 2 aliphatic heterocycles. The van der Waals surface area contributed by atoms with Gasteiger partial charge in [0, 0.05) is 24.8 Å². The van der Waals surface area contributed by atoms with Gasteiger partial charge in [0.2, 0.25) is 11.8 Å². The first kappa shape index (κ1) is 18.9. The van der Waals surface area contributed by atoms with E-state index in [4.69, 9.17) is 4.98 Å². The molecule has 2 aliphatic rings. The molecule has 0 N–H and O–H groups in total. The largest absolute Gasteiger partial charge is 0.342 e. The van der Waals surface area contributed by atoms with Crippen molar-refractivity contribution in [3.05, 3.63) is 59.9 Å². The first-order chi connectivity index (χ1) is 14.6. The molecule has 6 nitrogen and oxygen atoms in total. The number of fused-ring (bicyclic) bond motifs is 2. The molecule has 154 valence electrons. The molecule has 0 bridgehead atoms. The lowest BCUT2D eigenvalue weighted by molar-refractivity contribution is -0.129. The lowest BCUT2D eigenvalue weighted by Gasteiger charge is -2.24. The van der Waals surface area contributed by atoms with Gasteiger partial charge in [-0.3, -0.25) is 9.59 Å². The number of amides is 2. The van der Waals surface area contributed by atoms with Crippen LogP contribution in [-0.2, 0) is 29.0 Å². The standard InChI is InChI=1S/C24H26N4O2/c1-17-14-18-8-2-4-10-20(18)28(17)24(30)16-27-21-11-5-3-9-19(21)25-22(27)15-23(29)26-12-6-7-13-26/h2-5,8-11,17H,6-7,12-16H2,1H3. The Kier molecular flexibility index (Phi) is 4.77. The van der Waals surface area contributed by atoms with E-state index in [-0.39, 0.29) is 30.8 Å². The van der Waals surface area contributed by atoms with Crippen molar-refractivity contribution in [2.24, 2.45) is 0 Å². The SMILES string of the molecule is CC1Cc2ccccc2N1C(=O)Cn1c(CC(=O)N2CCCC2)nc2ccccc21. The molecule has 1 atom stereocenters. The summed E-state index contributed by atoms with van der Waals surface area (Å²) in [7, 11) is 0. The van der Waals surface area contributed by atoms with Crippen molar-refractivity contribution in [2.75, 3.05) is 18.0 Å². The fraction of sp³-hybridized carbons (Fsp3) is 0.375. The molecular weight excluding hydrogens is 376 g/mol. The topological polar surface area (TPSA) is 58.4 Å². The minimum Gasteiger partial charge on any atom is -0.342 e. The first-order valence-electron chi connectivity index (χ1n) is 10.7. The van der Waals surface area contributed by atoms with E-state index < -0.39 is 0 Å². The average molecular weight is 402 g/mol. The van der Waals surface area contributed by atoms with Gasteiger partial charge in [0.15, 0.2) is 0 Å². The van der Waals surface area contributed by atoms with Crippen molar-refractivity contribution in [1.82, 2.24) is 14.5 Å². The van der Waals surface area contributed by atoms with Gasteiger partial charge in [-0.2, -0.15) is 0 Å². The number of likely N-dealkylation sites (tertiary alicyclic amines) is 1. The summed E-state index contributed by atoms with van der Waals surface area (Å²) < 4.78 is 1.93. The Bertz CT molecular complexity index is 1110. The van der Waals surface area contributed by atoms with E-state index >= 15 is 0 Å². The van der Waals surface area contributed by atoms with Crippen LogP contribution < -0.4 is 4.90 Å². The summed E-state index contributed by atoms with van der Waals surface area (Å²) >= 11 is 0. The van der Waals surface area contributed by atoms with Gasteiger partial charge < -0.3 is 14.4 Å². The molecule has 0 radical (unpaired) electrons. The first-order valence-corrected chi connectivity index (χ1v) is 10.7. The number of imidazole rings is 1. The number of carbonyl (C=O) groups is 2. The molecule has 2 aromatic carbocycles. The van der Waals surface area contributed by atoms with Crippen molar-refractivity contribution < 1.29 is 9.59 Å². The maximum atomic E-state index is 13.4. The third-order valence-corrected chi connectivity index (χ3v) is 6.27. The highest BCUT2D eigenvalue weighted by Gasteiger charge is 2.31. The Labute approximate surface area is 176 Å².